The first-order valence-corrected chi connectivity index (χ1v) is 8.33. The van der Waals surface area contributed by atoms with Gasteiger partial charge in [-0.25, -0.2) is 0 Å². The summed E-state index contributed by atoms with van der Waals surface area (Å²) < 4.78 is 1.16. The fourth-order valence-electron chi connectivity index (χ4n) is 3.99. The molecule has 2 aromatic rings. The van der Waals surface area contributed by atoms with E-state index in [1.54, 1.807) is 11.1 Å². The van der Waals surface area contributed by atoms with E-state index in [9.17, 15) is 0 Å². The van der Waals surface area contributed by atoms with Crippen LogP contribution in [-0.4, -0.2) is 35.4 Å². The van der Waals surface area contributed by atoms with Crippen LogP contribution in [0.5, 0.6) is 0 Å². The third-order valence-corrected chi connectivity index (χ3v) is 5.42. The predicted octanol–water partition coefficient (Wildman–Crippen LogP) is 4.38. The summed E-state index contributed by atoms with van der Waals surface area (Å²) in [4.78, 5) is 0. The summed E-state index contributed by atoms with van der Waals surface area (Å²) in [5.41, 5.74) is 9.00. The Labute approximate surface area is 151 Å². The third kappa shape index (κ3) is 2.50. The van der Waals surface area contributed by atoms with Crippen molar-refractivity contribution >= 4 is 47.6 Å². The molecular formula is C20H16Li2. The predicted molar refractivity (Wildman–Crippen MR) is 95.1 cm³/mol. The molecule has 2 unspecified atom stereocenters. The molecule has 0 radical (unpaired) electrons. The van der Waals surface area contributed by atoms with E-state index in [2.05, 4.69) is 96.1 Å². The van der Waals surface area contributed by atoms with Crippen molar-refractivity contribution in [2.24, 2.45) is 0 Å². The summed E-state index contributed by atoms with van der Waals surface area (Å²) in [7, 11) is 0. The first-order valence-electron chi connectivity index (χ1n) is 8.33. The molecule has 0 heterocycles. The Hall–Kier alpha value is -0.885. The van der Waals surface area contributed by atoms with Crippen LogP contribution in [0.25, 0.3) is 12.2 Å². The zero-order valence-corrected chi connectivity index (χ0v) is 13.3. The Balaban J connectivity index is 1.50. The summed E-state index contributed by atoms with van der Waals surface area (Å²) in [5, 5.41) is 0. The Morgan fingerprint density at radius 2 is 1.05 bits per heavy atom. The van der Waals surface area contributed by atoms with Crippen molar-refractivity contribution in [2.45, 2.75) is 22.0 Å². The second kappa shape index (κ2) is 5.96. The van der Waals surface area contributed by atoms with Gasteiger partial charge in [-0.15, -0.1) is 0 Å². The normalized spacial score (nSPS) is 22.2. The van der Waals surface area contributed by atoms with Crippen LogP contribution in [0.2, 0.25) is 0 Å². The molecule has 2 aromatic carbocycles. The number of rotatable bonds is 3. The molecule has 0 saturated carbocycles. The van der Waals surface area contributed by atoms with Gasteiger partial charge in [0.1, 0.15) is 0 Å². The average Bonchev–Trinajstić information content (AvgIpc) is 3.04. The fourth-order valence-corrected chi connectivity index (χ4v) is 3.99. The number of hydrogen-bond donors (Lipinski definition) is 0. The van der Waals surface area contributed by atoms with Gasteiger partial charge < -0.3 is 0 Å². The molecule has 4 rings (SSSR count). The first kappa shape index (κ1) is 14.7. The average molecular weight is 270 g/mol. The van der Waals surface area contributed by atoms with Crippen molar-refractivity contribution in [1.29, 1.82) is 0 Å². The second-order valence-electron chi connectivity index (χ2n) is 6.64. The quantitative estimate of drug-likeness (QED) is 0.726. The molecule has 2 heteroatoms. The maximum absolute atomic E-state index is 2.41. The van der Waals surface area contributed by atoms with Crippen LogP contribution >= 0.6 is 0 Å². The molecule has 0 saturated heterocycles. The second-order valence-corrected chi connectivity index (χ2v) is 6.64. The van der Waals surface area contributed by atoms with Gasteiger partial charge in [-0.1, -0.05) is 0 Å². The summed E-state index contributed by atoms with van der Waals surface area (Å²) in [5.74, 6) is 0. The van der Waals surface area contributed by atoms with Crippen LogP contribution in [0.1, 0.15) is 44.3 Å². The van der Waals surface area contributed by atoms with E-state index in [4.69, 9.17) is 0 Å². The van der Waals surface area contributed by atoms with Crippen LogP contribution in [-0.2, 0) is 0 Å². The van der Waals surface area contributed by atoms with Crippen LogP contribution in [0.3, 0.4) is 0 Å². The van der Waals surface area contributed by atoms with Crippen molar-refractivity contribution in [1.82, 2.24) is 0 Å². The summed E-state index contributed by atoms with van der Waals surface area (Å²) in [6.45, 7) is 0. The van der Waals surface area contributed by atoms with Crippen LogP contribution in [0, 0.1) is 0 Å². The number of allylic oxidation sites excluding steroid dienone is 2. The van der Waals surface area contributed by atoms with E-state index in [0.717, 1.165) is 0 Å². The molecule has 0 aliphatic heterocycles. The Morgan fingerprint density at radius 1 is 0.636 bits per heavy atom. The molecule has 0 amide bonds. The Kier molecular flexibility index (Phi) is 3.98. The Bertz CT molecular complexity index is 718. The number of hydrogen-bond acceptors (Lipinski definition) is 0. The minimum absolute atomic E-state index is 0.580. The molecule has 98 valence electrons. The van der Waals surface area contributed by atoms with Crippen molar-refractivity contribution in [3.8, 4) is 0 Å². The van der Waals surface area contributed by atoms with Gasteiger partial charge in [0.2, 0.25) is 0 Å². The zero-order valence-electron chi connectivity index (χ0n) is 13.3. The van der Waals surface area contributed by atoms with Crippen LogP contribution in [0.15, 0.2) is 59.7 Å². The molecular weight excluding hydrogens is 254 g/mol. The standard InChI is InChI=1S/C20H16.2Li/c1-2-6-18-12-15(11-17(18)5-1)9-10-16-13-19-7-3-4-8-20(19)14-16;;/h1-8,11-14H,9-10H2;;. The molecule has 22 heavy (non-hydrogen) atoms. The molecule has 0 fully saturated rings. The first-order chi connectivity index (χ1) is 10.7. The molecule has 0 N–H and O–H groups in total. The maximum atomic E-state index is 2.41. The fraction of sp³-hybridized carbons (Fsp3) is 0.200. The molecule has 2 aliphatic rings. The van der Waals surface area contributed by atoms with Crippen molar-refractivity contribution in [3.63, 3.8) is 0 Å². The molecule has 0 bridgehead atoms. The summed E-state index contributed by atoms with van der Waals surface area (Å²) in [6, 6.07) is 17.6. The molecule has 0 spiro atoms. The summed E-state index contributed by atoms with van der Waals surface area (Å²) in [6.07, 6.45) is 7.18. The molecule has 0 aromatic heterocycles. The van der Waals surface area contributed by atoms with Crippen LogP contribution < -0.4 is 0 Å². The van der Waals surface area contributed by atoms with Gasteiger partial charge in [0.25, 0.3) is 0 Å². The van der Waals surface area contributed by atoms with Gasteiger partial charge in [-0.2, -0.15) is 0 Å². The molecule has 2 aliphatic carbocycles. The number of benzene rings is 2. The topological polar surface area (TPSA) is 0 Å². The number of fused-ring (bicyclic) bond motifs is 2. The van der Waals surface area contributed by atoms with Gasteiger partial charge in [0, 0.05) is 0 Å². The van der Waals surface area contributed by atoms with Gasteiger partial charge in [0.05, 0.1) is 0 Å². The zero-order chi connectivity index (χ0) is 15.1. The Morgan fingerprint density at radius 3 is 1.45 bits per heavy atom. The SMILES string of the molecule is [Li][CH]1C(CCC2=Cc3ccccc3[CH]2[Li])=Cc2ccccc21. The summed E-state index contributed by atoms with van der Waals surface area (Å²) >= 11 is 4.69. The van der Waals surface area contributed by atoms with Crippen molar-refractivity contribution in [3.05, 3.63) is 81.9 Å². The molecule has 2 atom stereocenters. The van der Waals surface area contributed by atoms with Gasteiger partial charge in [-0.3, -0.25) is 0 Å². The van der Waals surface area contributed by atoms with E-state index < -0.39 is 0 Å². The van der Waals surface area contributed by atoms with E-state index >= 15 is 0 Å². The van der Waals surface area contributed by atoms with Gasteiger partial charge in [0.15, 0.2) is 0 Å². The van der Waals surface area contributed by atoms with Crippen LogP contribution in [0.4, 0.5) is 0 Å². The van der Waals surface area contributed by atoms with E-state index in [-0.39, 0.29) is 0 Å². The van der Waals surface area contributed by atoms with Gasteiger partial charge >= 0.3 is 152 Å². The van der Waals surface area contributed by atoms with Crippen molar-refractivity contribution < 1.29 is 0 Å². The molecule has 0 nitrogen and oxygen atoms in total. The third-order valence-electron chi connectivity index (χ3n) is 5.42. The monoisotopic (exact) mass is 270 g/mol. The minimum atomic E-state index is 0.580. The van der Waals surface area contributed by atoms with E-state index in [1.807, 2.05) is 0 Å². The van der Waals surface area contributed by atoms with E-state index in [0.29, 0.717) is 9.18 Å². The van der Waals surface area contributed by atoms with Crippen molar-refractivity contribution in [2.75, 3.05) is 0 Å². The van der Waals surface area contributed by atoms with Gasteiger partial charge in [-0.05, 0) is 0 Å². The van der Waals surface area contributed by atoms with E-state index in [1.165, 1.54) is 35.1 Å².